The third kappa shape index (κ3) is 6.23. The van der Waals surface area contributed by atoms with Gasteiger partial charge in [0.05, 0.1) is 53.1 Å². The topological polar surface area (TPSA) is 144 Å². The van der Waals surface area contributed by atoms with Crippen molar-refractivity contribution < 1.29 is 9.18 Å². The molecule has 5 heterocycles. The number of benzene rings is 1. The molecule has 0 spiro atoms. The molecule has 44 heavy (non-hydrogen) atoms. The van der Waals surface area contributed by atoms with E-state index in [4.69, 9.17) is 4.98 Å². The summed E-state index contributed by atoms with van der Waals surface area (Å²) in [4.78, 5) is 37.6. The summed E-state index contributed by atoms with van der Waals surface area (Å²) in [5.74, 6) is 0.0428. The third-order valence-electron chi connectivity index (χ3n) is 6.94. The maximum absolute atomic E-state index is 14.7. The number of rotatable bonds is 10. The van der Waals surface area contributed by atoms with E-state index < -0.39 is 0 Å². The number of hydrogen-bond acceptors (Lipinski definition) is 9. The van der Waals surface area contributed by atoms with Crippen molar-refractivity contribution in [2.45, 2.75) is 0 Å². The second-order valence-electron chi connectivity index (χ2n) is 11.1. The van der Waals surface area contributed by atoms with E-state index in [-0.39, 0.29) is 18.3 Å². The lowest BCUT2D eigenvalue weighted by Gasteiger charge is -2.12. The molecular formula is C31H32FN11O. The third-order valence-corrected chi connectivity index (χ3v) is 6.94. The van der Waals surface area contributed by atoms with E-state index in [1.54, 1.807) is 35.9 Å². The van der Waals surface area contributed by atoms with Gasteiger partial charge in [-0.2, -0.15) is 5.10 Å². The number of aromatic amines is 2. The Morgan fingerprint density at radius 2 is 1.70 bits per heavy atom. The molecule has 13 heteroatoms. The van der Waals surface area contributed by atoms with E-state index in [0.717, 1.165) is 23.0 Å². The van der Waals surface area contributed by atoms with Crippen LogP contribution in [0.1, 0.15) is 0 Å². The van der Waals surface area contributed by atoms with Gasteiger partial charge in [0.25, 0.3) is 0 Å². The first-order chi connectivity index (χ1) is 21.2. The van der Waals surface area contributed by atoms with Gasteiger partial charge in [-0.25, -0.2) is 9.37 Å². The molecule has 1 amide bonds. The number of H-pyrrole nitrogens is 2. The Kier molecular flexibility index (Phi) is 7.96. The first kappa shape index (κ1) is 28.8. The minimum Gasteiger partial charge on any atom is -0.384 e. The van der Waals surface area contributed by atoms with Crippen LogP contribution in [-0.4, -0.2) is 98.6 Å². The zero-order valence-electron chi connectivity index (χ0n) is 24.8. The molecule has 0 aliphatic heterocycles. The number of nitrogens with zero attached hydrogens (tertiary/aromatic N) is 7. The van der Waals surface area contributed by atoms with Crippen LogP contribution in [0.25, 0.3) is 55.8 Å². The molecule has 0 atom stereocenters. The van der Waals surface area contributed by atoms with Crippen molar-refractivity contribution in [2.24, 2.45) is 0 Å². The van der Waals surface area contributed by atoms with Gasteiger partial charge in [-0.15, -0.1) is 0 Å². The van der Waals surface area contributed by atoms with E-state index in [2.05, 4.69) is 45.7 Å². The number of carbonyl (C=O) groups excluding carboxylic acids is 1. The largest absolute Gasteiger partial charge is 0.384 e. The molecular weight excluding hydrogens is 561 g/mol. The average molecular weight is 594 g/mol. The number of halogens is 1. The van der Waals surface area contributed by atoms with Gasteiger partial charge in [-0.1, -0.05) is 0 Å². The van der Waals surface area contributed by atoms with Gasteiger partial charge >= 0.3 is 0 Å². The quantitative estimate of drug-likeness (QED) is 0.183. The van der Waals surface area contributed by atoms with Crippen LogP contribution >= 0.6 is 0 Å². The Balaban J connectivity index is 1.33. The number of carbonyl (C=O) groups is 1. The van der Waals surface area contributed by atoms with Crippen molar-refractivity contribution >= 4 is 39.2 Å². The van der Waals surface area contributed by atoms with Gasteiger partial charge in [0.15, 0.2) is 5.82 Å². The molecule has 0 saturated heterocycles. The van der Waals surface area contributed by atoms with Crippen molar-refractivity contribution in [3.05, 3.63) is 67.1 Å². The Bertz CT molecular complexity index is 1960. The SMILES string of the molecule is CN(C)CCNc1cc(F)cc(-c2cncc3[nH]c(-c4n[nH]c5cnc(-c6cncc(NC(=O)CN(C)C)c6)cc45)nc23)c1. The first-order valence-electron chi connectivity index (χ1n) is 14.0. The van der Waals surface area contributed by atoms with Crippen LogP contribution in [0.4, 0.5) is 15.8 Å². The van der Waals surface area contributed by atoms with Gasteiger partial charge in [0.2, 0.25) is 5.91 Å². The molecule has 6 rings (SSSR count). The molecule has 0 fully saturated rings. The highest BCUT2D eigenvalue weighted by molar-refractivity contribution is 5.98. The highest BCUT2D eigenvalue weighted by Crippen LogP contribution is 2.33. The molecule has 0 saturated carbocycles. The molecule has 5 aromatic heterocycles. The summed E-state index contributed by atoms with van der Waals surface area (Å²) in [6.45, 7) is 1.75. The van der Waals surface area contributed by atoms with Crippen molar-refractivity contribution in [3.8, 4) is 33.9 Å². The van der Waals surface area contributed by atoms with Crippen molar-refractivity contribution in [2.75, 3.05) is 58.5 Å². The van der Waals surface area contributed by atoms with E-state index in [9.17, 15) is 9.18 Å². The molecule has 1 aromatic carbocycles. The Morgan fingerprint density at radius 1 is 0.886 bits per heavy atom. The molecule has 0 bridgehead atoms. The Hall–Kier alpha value is -5.27. The van der Waals surface area contributed by atoms with Gasteiger partial charge < -0.3 is 25.4 Å². The van der Waals surface area contributed by atoms with Gasteiger partial charge in [-0.3, -0.25) is 24.8 Å². The smallest absolute Gasteiger partial charge is 0.238 e. The van der Waals surface area contributed by atoms with Crippen molar-refractivity contribution in [3.63, 3.8) is 0 Å². The maximum Gasteiger partial charge on any atom is 0.238 e. The highest BCUT2D eigenvalue weighted by atomic mass is 19.1. The number of pyridine rings is 3. The summed E-state index contributed by atoms with van der Waals surface area (Å²) in [6.07, 6.45) is 8.37. The lowest BCUT2D eigenvalue weighted by Crippen LogP contribution is -2.27. The molecule has 4 N–H and O–H groups in total. The number of hydrogen-bond donors (Lipinski definition) is 4. The molecule has 224 valence electrons. The molecule has 0 unspecified atom stereocenters. The van der Waals surface area contributed by atoms with Crippen LogP contribution in [0.5, 0.6) is 0 Å². The predicted octanol–water partition coefficient (Wildman–Crippen LogP) is 4.24. The van der Waals surface area contributed by atoms with E-state index in [0.29, 0.717) is 57.3 Å². The Morgan fingerprint density at radius 3 is 2.52 bits per heavy atom. The number of amides is 1. The fraction of sp³-hybridized carbons (Fsp3) is 0.226. The van der Waals surface area contributed by atoms with Crippen LogP contribution in [0.2, 0.25) is 0 Å². The number of anilines is 2. The number of fused-ring (bicyclic) bond motifs is 2. The first-order valence-corrected chi connectivity index (χ1v) is 14.0. The van der Waals surface area contributed by atoms with E-state index in [1.165, 1.54) is 12.1 Å². The lowest BCUT2D eigenvalue weighted by molar-refractivity contribution is -0.116. The second-order valence-corrected chi connectivity index (χ2v) is 11.1. The highest BCUT2D eigenvalue weighted by Gasteiger charge is 2.18. The minimum atomic E-state index is -0.350. The van der Waals surface area contributed by atoms with Crippen molar-refractivity contribution in [1.82, 2.24) is 44.9 Å². The summed E-state index contributed by atoms with van der Waals surface area (Å²) in [5.41, 5.74) is 6.68. The van der Waals surface area contributed by atoms with Crippen LogP contribution < -0.4 is 10.6 Å². The summed E-state index contributed by atoms with van der Waals surface area (Å²) in [6, 6.07) is 8.59. The molecule has 0 radical (unpaired) electrons. The summed E-state index contributed by atoms with van der Waals surface area (Å²) < 4.78 is 14.7. The van der Waals surface area contributed by atoms with Crippen LogP contribution in [0.3, 0.4) is 0 Å². The van der Waals surface area contributed by atoms with Crippen molar-refractivity contribution in [1.29, 1.82) is 0 Å². The number of nitrogens with one attached hydrogen (secondary N) is 4. The summed E-state index contributed by atoms with van der Waals surface area (Å²) in [5, 5.41) is 14.5. The fourth-order valence-electron chi connectivity index (χ4n) is 4.92. The summed E-state index contributed by atoms with van der Waals surface area (Å²) in [7, 11) is 7.64. The molecule has 6 aromatic rings. The normalized spacial score (nSPS) is 11.6. The molecule has 0 aliphatic carbocycles. The Labute approximate surface area is 252 Å². The number of aromatic nitrogens is 7. The second kappa shape index (κ2) is 12.1. The van der Waals surface area contributed by atoms with Gasteiger partial charge in [0.1, 0.15) is 11.5 Å². The minimum absolute atomic E-state index is 0.136. The maximum atomic E-state index is 14.7. The number of imidazole rings is 1. The molecule has 0 aliphatic rings. The van der Waals surface area contributed by atoms with E-state index in [1.807, 2.05) is 46.4 Å². The predicted molar refractivity (Wildman–Crippen MR) is 170 cm³/mol. The van der Waals surface area contributed by atoms with Crippen LogP contribution in [-0.2, 0) is 4.79 Å². The van der Waals surface area contributed by atoms with E-state index >= 15 is 0 Å². The number of likely N-dealkylation sites (N-methyl/N-ethyl adjacent to an activating group) is 2. The fourth-order valence-corrected chi connectivity index (χ4v) is 4.92. The van der Waals surface area contributed by atoms with Crippen LogP contribution in [0.15, 0.2) is 61.3 Å². The zero-order chi connectivity index (χ0) is 30.8. The standard InChI is InChI=1S/C31H32FN11O/c1-42(2)6-5-35-21-8-18(7-20(32)10-21)24-14-34-15-27-29(24)39-31(38-27)30-23-11-25(36-16-26(23)40-41-30)19-9-22(13-33-12-19)37-28(44)17-43(3)4/h7-16,35H,5-6,17H2,1-4H3,(H,37,44)(H,38,39)(H,40,41). The zero-order valence-corrected chi connectivity index (χ0v) is 24.8. The van der Waals surface area contributed by atoms with Crippen LogP contribution in [0, 0.1) is 5.82 Å². The molecule has 12 nitrogen and oxygen atoms in total. The monoisotopic (exact) mass is 593 g/mol. The van der Waals surface area contributed by atoms with Gasteiger partial charge in [0, 0.05) is 47.7 Å². The average Bonchev–Trinajstić information content (AvgIpc) is 3.60. The summed E-state index contributed by atoms with van der Waals surface area (Å²) >= 11 is 0. The lowest BCUT2D eigenvalue weighted by atomic mass is 10.1. The van der Waals surface area contributed by atoms with Gasteiger partial charge in [-0.05, 0) is 64.1 Å².